The molecule has 5 heteroatoms. The number of thioether (sulfide) groups is 1. The number of carbonyl (C=O) groups excluding carboxylic acids is 1. The summed E-state index contributed by atoms with van der Waals surface area (Å²) in [5.41, 5.74) is 3.51. The van der Waals surface area contributed by atoms with E-state index in [2.05, 4.69) is 41.7 Å². The standard InChI is InChI=1S/C25H25NO3S/c27-23(16-17-24(28)29)26-18-19-30-25(20-10-4-1-5-11-20,21-12-6-2-7-13-21)22-14-8-3-9-15-22/h1-15H,16-19H2,(H,26,27)(H,28,29). The number of nitrogens with one attached hydrogen (secondary N) is 1. The van der Waals surface area contributed by atoms with Gasteiger partial charge in [0.05, 0.1) is 11.2 Å². The minimum atomic E-state index is -0.962. The number of carboxylic acids is 1. The van der Waals surface area contributed by atoms with Gasteiger partial charge in [0.15, 0.2) is 0 Å². The number of rotatable bonds is 10. The molecular formula is C25H25NO3S. The molecule has 0 bridgehead atoms. The van der Waals surface area contributed by atoms with Gasteiger partial charge >= 0.3 is 5.97 Å². The lowest BCUT2D eigenvalue weighted by molar-refractivity contribution is -0.138. The first-order chi connectivity index (χ1) is 14.6. The van der Waals surface area contributed by atoms with E-state index >= 15 is 0 Å². The molecule has 0 unspecified atom stereocenters. The lowest BCUT2D eigenvalue weighted by atomic mass is 9.84. The Labute approximate surface area is 181 Å². The van der Waals surface area contributed by atoms with Crippen molar-refractivity contribution in [3.8, 4) is 0 Å². The van der Waals surface area contributed by atoms with Crippen LogP contribution in [0.5, 0.6) is 0 Å². The molecule has 0 aliphatic heterocycles. The Kier molecular flexibility index (Phi) is 7.69. The maximum atomic E-state index is 11.9. The molecular weight excluding hydrogens is 394 g/mol. The maximum Gasteiger partial charge on any atom is 0.303 e. The highest BCUT2D eigenvalue weighted by molar-refractivity contribution is 8.00. The monoisotopic (exact) mass is 419 g/mol. The molecule has 2 N–H and O–H groups in total. The number of hydrogen-bond donors (Lipinski definition) is 2. The van der Waals surface area contributed by atoms with Crippen molar-refractivity contribution < 1.29 is 14.7 Å². The van der Waals surface area contributed by atoms with Crippen LogP contribution in [0.25, 0.3) is 0 Å². The largest absolute Gasteiger partial charge is 0.481 e. The van der Waals surface area contributed by atoms with Crippen LogP contribution in [0.2, 0.25) is 0 Å². The number of benzene rings is 3. The Balaban J connectivity index is 1.88. The van der Waals surface area contributed by atoms with Crippen molar-refractivity contribution in [1.82, 2.24) is 5.32 Å². The normalized spacial score (nSPS) is 11.1. The molecule has 0 radical (unpaired) electrons. The van der Waals surface area contributed by atoms with Gasteiger partial charge in [-0.05, 0) is 16.7 Å². The molecule has 0 fully saturated rings. The second-order valence-electron chi connectivity index (χ2n) is 6.87. The molecule has 0 aliphatic rings. The summed E-state index contributed by atoms with van der Waals surface area (Å²) < 4.78 is -0.421. The van der Waals surface area contributed by atoms with Crippen molar-refractivity contribution in [1.29, 1.82) is 0 Å². The molecule has 30 heavy (non-hydrogen) atoms. The van der Waals surface area contributed by atoms with E-state index in [1.807, 2.05) is 54.6 Å². The number of carbonyl (C=O) groups is 2. The van der Waals surface area contributed by atoms with Gasteiger partial charge in [-0.15, -0.1) is 11.8 Å². The zero-order chi connectivity index (χ0) is 21.2. The lowest BCUT2D eigenvalue weighted by Crippen LogP contribution is -2.30. The minimum Gasteiger partial charge on any atom is -0.481 e. The molecule has 154 valence electrons. The van der Waals surface area contributed by atoms with Crippen molar-refractivity contribution in [2.24, 2.45) is 0 Å². The maximum absolute atomic E-state index is 11.9. The first-order valence-corrected chi connectivity index (χ1v) is 10.9. The zero-order valence-electron chi connectivity index (χ0n) is 16.7. The Morgan fingerprint density at radius 3 is 1.57 bits per heavy atom. The quantitative estimate of drug-likeness (QED) is 0.369. The van der Waals surface area contributed by atoms with E-state index in [1.165, 1.54) is 16.7 Å². The van der Waals surface area contributed by atoms with Crippen LogP contribution in [0.4, 0.5) is 0 Å². The predicted octanol–water partition coefficient (Wildman–Crippen LogP) is 4.69. The van der Waals surface area contributed by atoms with Crippen LogP contribution >= 0.6 is 11.8 Å². The van der Waals surface area contributed by atoms with Crippen LogP contribution in [-0.4, -0.2) is 29.3 Å². The van der Waals surface area contributed by atoms with E-state index < -0.39 is 10.7 Å². The molecule has 0 aromatic heterocycles. The topological polar surface area (TPSA) is 66.4 Å². The number of aliphatic carboxylic acids is 1. The van der Waals surface area contributed by atoms with Gasteiger partial charge in [0, 0.05) is 18.7 Å². The van der Waals surface area contributed by atoms with E-state index in [0.717, 1.165) is 0 Å². The van der Waals surface area contributed by atoms with E-state index in [1.54, 1.807) is 11.8 Å². The van der Waals surface area contributed by atoms with E-state index in [0.29, 0.717) is 12.3 Å². The summed E-state index contributed by atoms with van der Waals surface area (Å²) in [6.07, 6.45) is -0.151. The second kappa shape index (κ2) is 10.6. The van der Waals surface area contributed by atoms with Crippen LogP contribution in [-0.2, 0) is 14.3 Å². The van der Waals surface area contributed by atoms with Gasteiger partial charge in [-0.25, -0.2) is 0 Å². The Morgan fingerprint density at radius 1 is 0.733 bits per heavy atom. The third-order valence-electron chi connectivity index (χ3n) is 4.85. The predicted molar refractivity (Wildman–Crippen MR) is 122 cm³/mol. The van der Waals surface area contributed by atoms with Crippen molar-refractivity contribution in [3.05, 3.63) is 108 Å². The molecule has 3 aromatic rings. The summed E-state index contributed by atoms with van der Waals surface area (Å²) >= 11 is 1.76. The number of amides is 1. The molecule has 0 spiro atoms. The Hall–Kier alpha value is -3.05. The molecule has 0 atom stereocenters. The molecule has 3 rings (SSSR count). The highest BCUT2D eigenvalue weighted by atomic mass is 32.2. The van der Waals surface area contributed by atoms with Crippen molar-refractivity contribution >= 4 is 23.6 Å². The molecule has 3 aromatic carbocycles. The highest BCUT2D eigenvalue weighted by Gasteiger charge is 2.36. The summed E-state index contributed by atoms with van der Waals surface area (Å²) in [4.78, 5) is 22.5. The third kappa shape index (κ3) is 5.30. The average molecular weight is 420 g/mol. The summed E-state index contributed by atoms with van der Waals surface area (Å²) in [7, 11) is 0. The SMILES string of the molecule is O=C(O)CCC(=O)NCCSC(c1ccccc1)(c1ccccc1)c1ccccc1. The van der Waals surface area contributed by atoms with Gasteiger partial charge in [0.2, 0.25) is 5.91 Å². The summed E-state index contributed by atoms with van der Waals surface area (Å²) in [5.74, 6) is -0.518. The minimum absolute atomic E-state index is 0.00119. The third-order valence-corrected chi connectivity index (χ3v) is 6.40. The Bertz CT molecular complexity index is 849. The molecule has 1 amide bonds. The van der Waals surface area contributed by atoms with Crippen molar-refractivity contribution in [3.63, 3.8) is 0 Å². The fraction of sp³-hybridized carbons (Fsp3) is 0.200. The van der Waals surface area contributed by atoms with Gasteiger partial charge in [-0.3, -0.25) is 9.59 Å². The summed E-state index contributed by atoms with van der Waals surface area (Å²) in [6, 6.07) is 31.1. The van der Waals surface area contributed by atoms with Crippen LogP contribution in [0.15, 0.2) is 91.0 Å². The summed E-state index contributed by atoms with van der Waals surface area (Å²) in [5, 5.41) is 11.6. The van der Waals surface area contributed by atoms with Gasteiger partial charge in [0.1, 0.15) is 0 Å². The smallest absolute Gasteiger partial charge is 0.303 e. The van der Waals surface area contributed by atoms with Gasteiger partial charge in [0.25, 0.3) is 0 Å². The molecule has 0 saturated carbocycles. The molecule has 0 saturated heterocycles. The van der Waals surface area contributed by atoms with Gasteiger partial charge < -0.3 is 10.4 Å². The van der Waals surface area contributed by atoms with E-state index in [-0.39, 0.29) is 18.7 Å². The lowest BCUT2D eigenvalue weighted by Gasteiger charge is -2.35. The van der Waals surface area contributed by atoms with Crippen LogP contribution in [0.1, 0.15) is 29.5 Å². The van der Waals surface area contributed by atoms with Gasteiger partial charge in [-0.2, -0.15) is 0 Å². The van der Waals surface area contributed by atoms with Gasteiger partial charge in [-0.1, -0.05) is 91.0 Å². The van der Waals surface area contributed by atoms with Crippen LogP contribution in [0, 0.1) is 0 Å². The molecule has 0 heterocycles. The van der Waals surface area contributed by atoms with Crippen molar-refractivity contribution in [2.45, 2.75) is 17.6 Å². The second-order valence-corrected chi connectivity index (χ2v) is 8.18. The Morgan fingerprint density at radius 2 is 1.17 bits per heavy atom. The first-order valence-electron chi connectivity index (χ1n) is 9.92. The van der Waals surface area contributed by atoms with Crippen molar-refractivity contribution in [2.75, 3.05) is 12.3 Å². The zero-order valence-corrected chi connectivity index (χ0v) is 17.5. The molecule has 4 nitrogen and oxygen atoms in total. The van der Waals surface area contributed by atoms with Crippen LogP contribution < -0.4 is 5.32 Å². The number of hydrogen-bond acceptors (Lipinski definition) is 3. The van der Waals surface area contributed by atoms with Crippen LogP contribution in [0.3, 0.4) is 0 Å². The number of carboxylic acid groups (broad SMARTS) is 1. The first kappa shape index (κ1) is 21.7. The summed E-state index contributed by atoms with van der Waals surface area (Å²) in [6.45, 7) is 0.470. The van der Waals surface area contributed by atoms with E-state index in [4.69, 9.17) is 5.11 Å². The fourth-order valence-electron chi connectivity index (χ4n) is 3.47. The average Bonchev–Trinajstić information content (AvgIpc) is 2.80. The highest BCUT2D eigenvalue weighted by Crippen LogP contribution is 2.48. The fourth-order valence-corrected chi connectivity index (χ4v) is 4.89. The molecule has 0 aliphatic carbocycles. The van der Waals surface area contributed by atoms with E-state index in [9.17, 15) is 9.59 Å².